The van der Waals surface area contributed by atoms with Gasteiger partial charge in [-0.05, 0) is 0 Å². The Kier molecular flexibility index (Phi) is 4.39. The molecule has 0 radical (unpaired) electrons. The largest absolute Gasteiger partial charge is 0.496 e. The van der Waals surface area contributed by atoms with Gasteiger partial charge in [0.25, 0.3) is 5.91 Å². The minimum absolute atomic E-state index is 0.168. The van der Waals surface area contributed by atoms with Crippen LogP contribution in [0.4, 0.5) is 0 Å². The minimum atomic E-state index is -0.681. The number of thiophene rings is 1. The van der Waals surface area contributed by atoms with Gasteiger partial charge in [0.15, 0.2) is 6.04 Å². The molecule has 1 amide bonds. The van der Waals surface area contributed by atoms with Crippen LogP contribution in [0.15, 0.2) is 11.4 Å². The average molecular weight is 285 g/mol. The SMILES string of the molecule is COC(=O)C1COCCN1C(=O)c1cc(OC)cs1. The Balaban J connectivity index is 2.17. The number of nitrogens with zero attached hydrogens (tertiary/aromatic N) is 1. The topological polar surface area (TPSA) is 65.1 Å². The molecule has 0 N–H and O–H groups in total. The second kappa shape index (κ2) is 6.03. The molecule has 0 bridgehead atoms. The molecule has 0 saturated carbocycles. The second-order valence-corrected chi connectivity index (χ2v) is 4.87. The number of hydrogen-bond acceptors (Lipinski definition) is 6. The van der Waals surface area contributed by atoms with Crippen LogP contribution in [0.2, 0.25) is 0 Å². The number of methoxy groups -OCH3 is 2. The summed E-state index contributed by atoms with van der Waals surface area (Å²) < 4.78 is 15.0. The molecule has 7 heteroatoms. The summed E-state index contributed by atoms with van der Waals surface area (Å²) in [7, 11) is 2.84. The van der Waals surface area contributed by atoms with Gasteiger partial charge in [-0.15, -0.1) is 11.3 Å². The highest BCUT2D eigenvalue weighted by Gasteiger charge is 2.34. The van der Waals surface area contributed by atoms with Crippen molar-refractivity contribution in [2.24, 2.45) is 0 Å². The third-order valence-corrected chi connectivity index (χ3v) is 3.78. The quantitative estimate of drug-likeness (QED) is 0.768. The van der Waals surface area contributed by atoms with Crippen molar-refractivity contribution in [1.29, 1.82) is 0 Å². The molecule has 1 atom stereocenters. The van der Waals surface area contributed by atoms with Crippen molar-refractivity contribution in [3.63, 3.8) is 0 Å². The van der Waals surface area contributed by atoms with Gasteiger partial charge in [-0.2, -0.15) is 0 Å². The molecule has 1 unspecified atom stereocenters. The molecule has 0 aromatic carbocycles. The van der Waals surface area contributed by atoms with Crippen LogP contribution in [0.25, 0.3) is 0 Å². The molecule has 1 aliphatic heterocycles. The predicted octanol–water partition coefficient (Wildman–Crippen LogP) is 0.771. The van der Waals surface area contributed by atoms with Gasteiger partial charge in [-0.25, -0.2) is 4.79 Å². The lowest BCUT2D eigenvalue weighted by molar-refractivity contribution is -0.151. The average Bonchev–Trinajstić information content (AvgIpc) is 2.94. The van der Waals surface area contributed by atoms with E-state index >= 15 is 0 Å². The molecule has 19 heavy (non-hydrogen) atoms. The Hall–Kier alpha value is -1.60. The number of carbonyl (C=O) groups is 2. The lowest BCUT2D eigenvalue weighted by atomic mass is 10.2. The number of ether oxygens (including phenoxy) is 3. The summed E-state index contributed by atoms with van der Waals surface area (Å²) in [6.07, 6.45) is 0. The third-order valence-electron chi connectivity index (χ3n) is 2.88. The molecule has 1 aliphatic rings. The van der Waals surface area contributed by atoms with Crippen LogP contribution in [0.3, 0.4) is 0 Å². The van der Waals surface area contributed by atoms with Gasteiger partial charge in [-0.3, -0.25) is 4.79 Å². The standard InChI is InChI=1S/C12H15NO5S/c1-16-8-5-10(19-7-8)11(14)13-3-4-18-6-9(13)12(15)17-2/h5,7,9H,3-4,6H2,1-2H3. The van der Waals surface area contributed by atoms with Gasteiger partial charge in [0, 0.05) is 18.0 Å². The van der Waals surface area contributed by atoms with Gasteiger partial charge >= 0.3 is 5.97 Å². The van der Waals surface area contributed by atoms with Gasteiger partial charge in [0.2, 0.25) is 0 Å². The zero-order valence-electron chi connectivity index (χ0n) is 10.8. The van der Waals surface area contributed by atoms with E-state index in [0.29, 0.717) is 23.8 Å². The van der Waals surface area contributed by atoms with Gasteiger partial charge in [0.05, 0.1) is 32.3 Å². The minimum Gasteiger partial charge on any atom is -0.496 e. The van der Waals surface area contributed by atoms with Crippen molar-refractivity contribution in [3.8, 4) is 5.75 Å². The zero-order chi connectivity index (χ0) is 13.8. The molecule has 6 nitrogen and oxygen atoms in total. The van der Waals surface area contributed by atoms with E-state index in [1.54, 1.807) is 18.6 Å². The van der Waals surface area contributed by atoms with Crippen molar-refractivity contribution in [2.45, 2.75) is 6.04 Å². The Morgan fingerprint density at radius 2 is 2.26 bits per heavy atom. The molecule has 1 fully saturated rings. The highest BCUT2D eigenvalue weighted by Crippen LogP contribution is 2.24. The Morgan fingerprint density at radius 3 is 2.89 bits per heavy atom. The van der Waals surface area contributed by atoms with Crippen LogP contribution < -0.4 is 4.74 Å². The Bertz CT molecular complexity index is 472. The normalized spacial score (nSPS) is 19.1. The van der Waals surface area contributed by atoms with Gasteiger partial charge in [-0.1, -0.05) is 0 Å². The third kappa shape index (κ3) is 2.87. The summed E-state index contributed by atoms with van der Waals surface area (Å²) >= 11 is 1.29. The number of amides is 1. The molecule has 2 heterocycles. The maximum absolute atomic E-state index is 12.4. The predicted molar refractivity (Wildman–Crippen MR) is 68.5 cm³/mol. The monoisotopic (exact) mass is 285 g/mol. The lowest BCUT2D eigenvalue weighted by Crippen LogP contribution is -2.52. The first-order valence-electron chi connectivity index (χ1n) is 5.76. The summed E-state index contributed by atoms with van der Waals surface area (Å²) in [6, 6.07) is 0.982. The van der Waals surface area contributed by atoms with E-state index in [0.717, 1.165) is 0 Å². The number of rotatable bonds is 3. The first-order valence-corrected chi connectivity index (χ1v) is 6.64. The van der Waals surface area contributed by atoms with Gasteiger partial charge in [0.1, 0.15) is 5.75 Å². The summed E-state index contributed by atoms with van der Waals surface area (Å²) in [5.74, 6) is -0.0280. The first kappa shape index (κ1) is 13.8. The number of morpholine rings is 1. The number of hydrogen-bond donors (Lipinski definition) is 0. The van der Waals surface area contributed by atoms with Crippen molar-refractivity contribution in [3.05, 3.63) is 16.3 Å². The van der Waals surface area contributed by atoms with Crippen LogP contribution in [-0.4, -0.2) is 56.8 Å². The van der Waals surface area contributed by atoms with Crippen molar-refractivity contribution >= 4 is 23.2 Å². The molecule has 1 saturated heterocycles. The molecule has 0 aliphatic carbocycles. The summed E-state index contributed by atoms with van der Waals surface area (Å²) in [4.78, 5) is 26.1. The van der Waals surface area contributed by atoms with E-state index in [-0.39, 0.29) is 12.5 Å². The molecule has 0 spiro atoms. The van der Waals surface area contributed by atoms with E-state index in [2.05, 4.69) is 0 Å². The molecule has 2 rings (SSSR count). The van der Waals surface area contributed by atoms with E-state index in [1.165, 1.54) is 23.3 Å². The summed E-state index contributed by atoms with van der Waals surface area (Å²) in [5.41, 5.74) is 0. The zero-order valence-corrected chi connectivity index (χ0v) is 11.6. The van der Waals surface area contributed by atoms with Crippen LogP contribution in [0.5, 0.6) is 5.75 Å². The van der Waals surface area contributed by atoms with Crippen LogP contribution in [0.1, 0.15) is 9.67 Å². The Labute approximate surface area is 114 Å². The molecular weight excluding hydrogens is 270 g/mol. The smallest absolute Gasteiger partial charge is 0.331 e. The highest BCUT2D eigenvalue weighted by atomic mass is 32.1. The van der Waals surface area contributed by atoms with Crippen molar-refractivity contribution in [1.82, 2.24) is 4.90 Å². The molecule has 1 aromatic rings. The maximum atomic E-state index is 12.4. The molecular formula is C12H15NO5S. The fourth-order valence-corrected chi connectivity index (χ4v) is 2.67. The number of carbonyl (C=O) groups excluding carboxylic acids is 2. The summed E-state index contributed by atoms with van der Waals surface area (Å²) in [5, 5.41) is 1.75. The Morgan fingerprint density at radius 1 is 1.47 bits per heavy atom. The van der Waals surface area contributed by atoms with E-state index in [1.807, 2.05) is 0 Å². The van der Waals surface area contributed by atoms with E-state index < -0.39 is 12.0 Å². The summed E-state index contributed by atoms with van der Waals surface area (Å²) in [6.45, 7) is 0.960. The van der Waals surface area contributed by atoms with E-state index in [4.69, 9.17) is 14.2 Å². The molecule has 1 aromatic heterocycles. The maximum Gasteiger partial charge on any atom is 0.331 e. The second-order valence-electron chi connectivity index (χ2n) is 3.96. The van der Waals surface area contributed by atoms with Crippen molar-refractivity contribution in [2.75, 3.05) is 34.0 Å². The van der Waals surface area contributed by atoms with Crippen LogP contribution in [0, 0.1) is 0 Å². The number of esters is 1. The molecule has 104 valence electrons. The van der Waals surface area contributed by atoms with Crippen molar-refractivity contribution < 1.29 is 23.8 Å². The van der Waals surface area contributed by atoms with Gasteiger partial charge < -0.3 is 19.1 Å². The first-order chi connectivity index (χ1) is 9.17. The van der Waals surface area contributed by atoms with E-state index in [9.17, 15) is 9.59 Å². The fraction of sp³-hybridized carbons (Fsp3) is 0.500. The lowest BCUT2D eigenvalue weighted by Gasteiger charge is -2.33. The fourth-order valence-electron chi connectivity index (χ4n) is 1.86. The van der Waals surface area contributed by atoms with Crippen LogP contribution in [-0.2, 0) is 14.3 Å². The van der Waals surface area contributed by atoms with Crippen LogP contribution >= 0.6 is 11.3 Å². The highest BCUT2D eigenvalue weighted by molar-refractivity contribution is 7.12.